The van der Waals surface area contributed by atoms with Gasteiger partial charge in [-0.2, -0.15) is 0 Å². The van der Waals surface area contributed by atoms with E-state index >= 15 is 0 Å². The minimum absolute atomic E-state index is 0.178. The molecule has 0 aliphatic heterocycles. The maximum Gasteiger partial charge on any atom is 0.0800 e. The van der Waals surface area contributed by atoms with Crippen molar-refractivity contribution in [1.82, 2.24) is 0 Å². The topological polar surface area (TPSA) is 40.5 Å². The molecule has 0 spiro atoms. The summed E-state index contributed by atoms with van der Waals surface area (Å²) < 4.78 is 0. The third-order valence-electron chi connectivity index (χ3n) is 2.56. The smallest absolute Gasteiger partial charge is 0.0800 e. The molecular weight excluding hydrogens is 152 g/mol. The van der Waals surface area contributed by atoms with Gasteiger partial charge in [0.1, 0.15) is 0 Å². The summed E-state index contributed by atoms with van der Waals surface area (Å²) in [6.07, 6.45) is 5.30. The summed E-state index contributed by atoms with van der Waals surface area (Å²) in [7, 11) is 0. The molecule has 2 nitrogen and oxygen atoms in total. The lowest BCUT2D eigenvalue weighted by molar-refractivity contribution is 0.0114. The minimum Gasteiger partial charge on any atom is -0.390 e. The van der Waals surface area contributed by atoms with Crippen molar-refractivity contribution in [3.8, 4) is 0 Å². The molecule has 1 unspecified atom stereocenters. The van der Waals surface area contributed by atoms with E-state index in [2.05, 4.69) is 0 Å². The SMILES string of the molecule is CC(C)(O)C1C=C[C@](C)(O)CC1. The first-order valence-electron chi connectivity index (χ1n) is 4.45. The quantitative estimate of drug-likeness (QED) is 0.585. The van der Waals surface area contributed by atoms with Crippen molar-refractivity contribution in [3.63, 3.8) is 0 Å². The van der Waals surface area contributed by atoms with Gasteiger partial charge in [-0.15, -0.1) is 0 Å². The predicted molar refractivity (Wildman–Crippen MR) is 48.8 cm³/mol. The third-order valence-corrected chi connectivity index (χ3v) is 2.56. The van der Waals surface area contributed by atoms with Gasteiger partial charge in [0.15, 0.2) is 0 Å². The van der Waals surface area contributed by atoms with Crippen LogP contribution >= 0.6 is 0 Å². The highest BCUT2D eigenvalue weighted by Gasteiger charge is 2.31. The molecule has 1 aliphatic rings. The Morgan fingerprint density at radius 1 is 1.50 bits per heavy atom. The molecule has 0 heterocycles. The lowest BCUT2D eigenvalue weighted by Crippen LogP contribution is -2.35. The zero-order chi connectivity index (χ0) is 9.41. The first-order chi connectivity index (χ1) is 5.31. The highest BCUT2D eigenvalue weighted by atomic mass is 16.3. The van der Waals surface area contributed by atoms with Crippen molar-refractivity contribution in [2.75, 3.05) is 0 Å². The van der Waals surface area contributed by atoms with Crippen LogP contribution in [-0.2, 0) is 0 Å². The summed E-state index contributed by atoms with van der Waals surface area (Å²) in [5.41, 5.74) is -1.32. The molecule has 70 valence electrons. The van der Waals surface area contributed by atoms with E-state index in [1.54, 1.807) is 13.0 Å². The Balaban J connectivity index is 2.67. The summed E-state index contributed by atoms with van der Waals surface area (Å²) in [5.74, 6) is 0.178. The fourth-order valence-electron chi connectivity index (χ4n) is 1.54. The molecular formula is C10H18O2. The average Bonchev–Trinajstić information content (AvgIpc) is 1.83. The maximum atomic E-state index is 9.68. The van der Waals surface area contributed by atoms with Crippen molar-refractivity contribution in [2.45, 2.75) is 44.8 Å². The lowest BCUT2D eigenvalue weighted by atomic mass is 9.79. The Hall–Kier alpha value is -0.340. The standard InChI is InChI=1S/C10H18O2/c1-9(2,11)8-4-6-10(3,12)7-5-8/h4,6,8,11-12H,5,7H2,1-3H3/t8?,10-/m0/s1. The van der Waals surface area contributed by atoms with E-state index in [9.17, 15) is 10.2 Å². The zero-order valence-corrected chi connectivity index (χ0v) is 8.04. The zero-order valence-electron chi connectivity index (χ0n) is 8.04. The largest absolute Gasteiger partial charge is 0.390 e. The van der Waals surface area contributed by atoms with Crippen molar-refractivity contribution in [2.24, 2.45) is 5.92 Å². The van der Waals surface area contributed by atoms with Gasteiger partial charge in [0.05, 0.1) is 11.2 Å². The molecule has 2 heteroatoms. The number of hydrogen-bond donors (Lipinski definition) is 2. The first kappa shape index (κ1) is 9.75. The fourth-order valence-corrected chi connectivity index (χ4v) is 1.54. The van der Waals surface area contributed by atoms with Gasteiger partial charge < -0.3 is 10.2 Å². The first-order valence-corrected chi connectivity index (χ1v) is 4.45. The molecule has 0 fully saturated rings. The van der Waals surface area contributed by atoms with E-state index in [0.29, 0.717) is 0 Å². The fraction of sp³-hybridized carbons (Fsp3) is 0.800. The highest BCUT2D eigenvalue weighted by Crippen LogP contribution is 2.31. The maximum absolute atomic E-state index is 9.68. The van der Waals surface area contributed by atoms with Gasteiger partial charge >= 0.3 is 0 Å². The molecule has 0 amide bonds. The minimum atomic E-state index is -0.665. The average molecular weight is 170 g/mol. The number of rotatable bonds is 1. The van der Waals surface area contributed by atoms with Crippen LogP contribution in [0.2, 0.25) is 0 Å². The van der Waals surface area contributed by atoms with Crippen molar-refractivity contribution >= 4 is 0 Å². The molecule has 0 aromatic rings. The molecule has 1 aliphatic carbocycles. The second-order valence-corrected chi connectivity index (χ2v) is 4.52. The second-order valence-electron chi connectivity index (χ2n) is 4.52. The van der Waals surface area contributed by atoms with Gasteiger partial charge in [0, 0.05) is 5.92 Å². The molecule has 0 saturated heterocycles. The Morgan fingerprint density at radius 2 is 2.08 bits per heavy atom. The van der Waals surface area contributed by atoms with Gasteiger partial charge in [-0.1, -0.05) is 12.2 Å². The van der Waals surface area contributed by atoms with Gasteiger partial charge in [-0.3, -0.25) is 0 Å². The van der Waals surface area contributed by atoms with Crippen molar-refractivity contribution in [1.29, 1.82) is 0 Å². The van der Waals surface area contributed by atoms with Crippen molar-refractivity contribution < 1.29 is 10.2 Å². The van der Waals surface area contributed by atoms with Gasteiger partial charge in [-0.05, 0) is 33.6 Å². The number of hydrogen-bond acceptors (Lipinski definition) is 2. The van der Waals surface area contributed by atoms with Crippen molar-refractivity contribution in [3.05, 3.63) is 12.2 Å². The van der Waals surface area contributed by atoms with Crippen LogP contribution in [0.1, 0.15) is 33.6 Å². The molecule has 0 radical (unpaired) electrons. The second kappa shape index (κ2) is 2.86. The Labute approximate surface area is 73.9 Å². The van der Waals surface area contributed by atoms with Crippen LogP contribution in [-0.4, -0.2) is 21.4 Å². The summed E-state index contributed by atoms with van der Waals surface area (Å²) in [5, 5.41) is 19.3. The van der Waals surface area contributed by atoms with E-state index in [1.165, 1.54) is 0 Å². The number of aliphatic hydroxyl groups is 2. The van der Waals surface area contributed by atoms with Crippen LogP contribution in [0, 0.1) is 5.92 Å². The normalized spacial score (nSPS) is 36.9. The summed E-state index contributed by atoms with van der Waals surface area (Å²) >= 11 is 0. The van der Waals surface area contributed by atoms with Gasteiger partial charge in [-0.25, -0.2) is 0 Å². The molecule has 0 saturated carbocycles. The van der Waals surface area contributed by atoms with E-state index in [-0.39, 0.29) is 5.92 Å². The van der Waals surface area contributed by atoms with E-state index in [4.69, 9.17) is 0 Å². The Morgan fingerprint density at radius 3 is 2.42 bits per heavy atom. The molecule has 1 rings (SSSR count). The van der Waals surface area contributed by atoms with Gasteiger partial charge in [0.2, 0.25) is 0 Å². The summed E-state index contributed by atoms with van der Waals surface area (Å²) in [4.78, 5) is 0. The van der Waals surface area contributed by atoms with Crippen LogP contribution in [0.5, 0.6) is 0 Å². The van der Waals surface area contributed by atoms with Crippen LogP contribution in [0.25, 0.3) is 0 Å². The van der Waals surface area contributed by atoms with E-state index < -0.39 is 11.2 Å². The monoisotopic (exact) mass is 170 g/mol. The molecule has 0 aromatic heterocycles. The third kappa shape index (κ3) is 2.32. The van der Waals surface area contributed by atoms with Crippen LogP contribution in [0.15, 0.2) is 12.2 Å². The van der Waals surface area contributed by atoms with E-state index in [0.717, 1.165) is 12.8 Å². The van der Waals surface area contributed by atoms with Gasteiger partial charge in [0.25, 0.3) is 0 Å². The Kier molecular flexibility index (Phi) is 2.32. The Bertz CT molecular complexity index is 187. The molecule has 0 aromatic carbocycles. The lowest BCUT2D eigenvalue weighted by Gasteiger charge is -2.33. The van der Waals surface area contributed by atoms with Crippen LogP contribution in [0.3, 0.4) is 0 Å². The highest BCUT2D eigenvalue weighted by molar-refractivity contribution is 5.08. The molecule has 2 N–H and O–H groups in total. The van der Waals surface area contributed by atoms with Crippen LogP contribution < -0.4 is 0 Å². The summed E-state index contributed by atoms with van der Waals surface area (Å²) in [6, 6.07) is 0. The van der Waals surface area contributed by atoms with E-state index in [1.807, 2.05) is 19.9 Å². The molecule has 12 heavy (non-hydrogen) atoms. The molecule has 0 bridgehead atoms. The molecule has 2 atom stereocenters. The predicted octanol–water partition coefficient (Wildman–Crippen LogP) is 1.47. The summed E-state index contributed by atoms with van der Waals surface area (Å²) in [6.45, 7) is 5.41. The van der Waals surface area contributed by atoms with Crippen LogP contribution in [0.4, 0.5) is 0 Å².